The summed E-state index contributed by atoms with van der Waals surface area (Å²) in [5.74, 6) is 2.22. The zero-order valence-corrected chi connectivity index (χ0v) is 19.5. The summed E-state index contributed by atoms with van der Waals surface area (Å²) < 4.78 is 44.0. The first-order chi connectivity index (χ1) is 14.3. The Morgan fingerprint density at radius 2 is 1.63 bits per heavy atom. The lowest BCUT2D eigenvalue weighted by Gasteiger charge is -2.34. The number of piperidine rings is 2. The van der Waals surface area contributed by atoms with Gasteiger partial charge in [-0.25, -0.2) is 0 Å². The second-order valence-electron chi connectivity index (χ2n) is 8.92. The highest BCUT2D eigenvalue weighted by Crippen LogP contribution is 2.29. The Bertz CT molecular complexity index is 654. The molecule has 2 heterocycles. The molecule has 0 radical (unpaired) electrons. The van der Waals surface area contributed by atoms with E-state index < -0.39 is 12.7 Å². The molecule has 170 valence electrons. The molecule has 0 aromatic heterocycles. The Balaban J connectivity index is 1.30. The highest BCUT2D eigenvalue weighted by Gasteiger charge is 2.32. The number of methoxy groups -OCH3 is 1. The second kappa shape index (κ2) is 11.2. The molecule has 3 rings (SSSR count). The summed E-state index contributed by atoms with van der Waals surface area (Å²) in [6.07, 6.45) is 3.59. The maximum Gasteiger partial charge on any atom is 0.401 e. The highest BCUT2D eigenvalue weighted by molar-refractivity contribution is 9.10. The van der Waals surface area contributed by atoms with Crippen LogP contribution in [0.5, 0.6) is 5.75 Å². The third-order valence-corrected chi connectivity index (χ3v) is 7.44. The van der Waals surface area contributed by atoms with Gasteiger partial charge in [0.1, 0.15) is 5.75 Å². The van der Waals surface area contributed by atoms with Gasteiger partial charge in [0.05, 0.1) is 13.7 Å². The average molecular weight is 491 g/mol. The number of ether oxygens (including phenoxy) is 1. The van der Waals surface area contributed by atoms with E-state index in [4.69, 9.17) is 4.74 Å². The minimum atomic E-state index is -4.07. The van der Waals surface area contributed by atoms with E-state index in [-0.39, 0.29) is 0 Å². The SMILES string of the molecule is COc1ccc(Br)c(CC2CCN(CCCC3CCN(CC(F)(F)F)CC3)CC2)c1. The smallest absolute Gasteiger partial charge is 0.401 e. The Hall–Kier alpha value is -0.790. The van der Waals surface area contributed by atoms with Gasteiger partial charge in [0.2, 0.25) is 0 Å². The molecule has 2 aliphatic rings. The predicted molar refractivity (Wildman–Crippen MR) is 118 cm³/mol. The van der Waals surface area contributed by atoms with Gasteiger partial charge in [0.15, 0.2) is 0 Å². The molecule has 0 unspecified atom stereocenters. The maximum absolute atomic E-state index is 12.5. The third-order valence-electron chi connectivity index (χ3n) is 6.67. The van der Waals surface area contributed by atoms with E-state index in [1.165, 1.54) is 18.4 Å². The Morgan fingerprint density at radius 3 is 2.27 bits per heavy atom. The summed E-state index contributed by atoms with van der Waals surface area (Å²) in [5.41, 5.74) is 1.32. The van der Waals surface area contributed by atoms with Gasteiger partial charge >= 0.3 is 6.18 Å². The van der Waals surface area contributed by atoms with Crippen molar-refractivity contribution in [2.75, 3.05) is 46.4 Å². The molecule has 1 aromatic rings. The topological polar surface area (TPSA) is 15.7 Å². The first-order valence-electron chi connectivity index (χ1n) is 11.2. The Kier molecular flexibility index (Phi) is 8.90. The molecule has 0 spiro atoms. The summed E-state index contributed by atoms with van der Waals surface area (Å²) in [6, 6.07) is 6.18. The van der Waals surface area contributed by atoms with E-state index in [1.54, 1.807) is 12.0 Å². The number of likely N-dealkylation sites (tertiary alicyclic amines) is 2. The summed E-state index contributed by atoms with van der Waals surface area (Å²) in [5, 5.41) is 0. The molecule has 0 atom stereocenters. The quantitative estimate of drug-likeness (QED) is 0.460. The first kappa shape index (κ1) is 23.9. The molecule has 0 N–H and O–H groups in total. The third kappa shape index (κ3) is 7.72. The van der Waals surface area contributed by atoms with E-state index >= 15 is 0 Å². The van der Waals surface area contributed by atoms with Crippen LogP contribution >= 0.6 is 15.9 Å². The number of nitrogens with zero attached hydrogens (tertiary/aromatic N) is 2. The van der Waals surface area contributed by atoms with Gasteiger partial charge in [0, 0.05) is 4.47 Å². The van der Waals surface area contributed by atoms with Gasteiger partial charge in [-0.1, -0.05) is 15.9 Å². The maximum atomic E-state index is 12.5. The van der Waals surface area contributed by atoms with E-state index in [0.29, 0.717) is 24.9 Å². The molecular weight excluding hydrogens is 457 g/mol. The lowest BCUT2D eigenvalue weighted by Crippen LogP contribution is -2.40. The number of benzene rings is 1. The van der Waals surface area contributed by atoms with Crippen molar-refractivity contribution in [1.29, 1.82) is 0 Å². The van der Waals surface area contributed by atoms with Crippen molar-refractivity contribution in [2.24, 2.45) is 11.8 Å². The molecule has 0 saturated carbocycles. The fourth-order valence-corrected chi connectivity index (χ4v) is 5.26. The van der Waals surface area contributed by atoms with Crippen LogP contribution < -0.4 is 4.74 Å². The van der Waals surface area contributed by atoms with E-state index in [9.17, 15) is 13.2 Å². The minimum absolute atomic E-state index is 0.593. The lowest BCUT2D eigenvalue weighted by atomic mass is 9.89. The standard InChI is InChI=1S/C23H34BrF3N2O/c1-30-21-4-5-22(24)20(16-21)15-19-8-11-28(12-9-19)10-2-3-18-6-13-29(14-7-18)17-23(25,26)27/h4-5,16,18-19H,2-3,6-15,17H2,1H3. The molecule has 7 heteroatoms. The molecule has 2 fully saturated rings. The Morgan fingerprint density at radius 1 is 1.00 bits per heavy atom. The van der Waals surface area contributed by atoms with Crippen LogP contribution in [-0.4, -0.2) is 62.4 Å². The van der Waals surface area contributed by atoms with Gasteiger partial charge in [-0.05, 0) is 113 Å². The largest absolute Gasteiger partial charge is 0.497 e. The van der Waals surface area contributed by atoms with Crippen LogP contribution in [0.3, 0.4) is 0 Å². The van der Waals surface area contributed by atoms with Crippen LogP contribution in [0.4, 0.5) is 13.2 Å². The monoisotopic (exact) mass is 490 g/mol. The van der Waals surface area contributed by atoms with Crippen molar-refractivity contribution < 1.29 is 17.9 Å². The fourth-order valence-electron chi connectivity index (χ4n) is 4.85. The van der Waals surface area contributed by atoms with Crippen molar-refractivity contribution >= 4 is 15.9 Å². The summed E-state index contributed by atoms with van der Waals surface area (Å²) in [7, 11) is 1.71. The van der Waals surface area contributed by atoms with Gasteiger partial charge in [-0.2, -0.15) is 13.2 Å². The molecular formula is C23H34BrF3N2O. The molecule has 3 nitrogen and oxygen atoms in total. The van der Waals surface area contributed by atoms with Gasteiger partial charge in [-0.3, -0.25) is 4.90 Å². The van der Waals surface area contributed by atoms with Crippen LogP contribution in [0.15, 0.2) is 22.7 Å². The molecule has 2 saturated heterocycles. The molecule has 0 bridgehead atoms. The number of alkyl halides is 3. The molecule has 2 aliphatic heterocycles. The molecule has 0 amide bonds. The van der Waals surface area contributed by atoms with Crippen LogP contribution in [-0.2, 0) is 6.42 Å². The predicted octanol–water partition coefficient (Wildman–Crippen LogP) is 5.77. The van der Waals surface area contributed by atoms with Crippen LogP contribution in [0, 0.1) is 11.8 Å². The van der Waals surface area contributed by atoms with Crippen molar-refractivity contribution in [3.63, 3.8) is 0 Å². The van der Waals surface area contributed by atoms with Crippen molar-refractivity contribution in [3.05, 3.63) is 28.2 Å². The number of hydrogen-bond acceptors (Lipinski definition) is 3. The number of hydrogen-bond donors (Lipinski definition) is 0. The Labute approximate surface area is 187 Å². The number of rotatable bonds is 8. The highest BCUT2D eigenvalue weighted by atomic mass is 79.9. The van der Waals surface area contributed by atoms with Gasteiger partial charge in [-0.15, -0.1) is 0 Å². The molecule has 0 aliphatic carbocycles. The van der Waals surface area contributed by atoms with Gasteiger partial charge < -0.3 is 9.64 Å². The van der Waals surface area contributed by atoms with Crippen LogP contribution in [0.2, 0.25) is 0 Å². The second-order valence-corrected chi connectivity index (χ2v) is 9.78. The van der Waals surface area contributed by atoms with E-state index in [2.05, 4.69) is 33.0 Å². The minimum Gasteiger partial charge on any atom is -0.497 e. The van der Waals surface area contributed by atoms with E-state index in [0.717, 1.165) is 62.0 Å². The average Bonchev–Trinajstić information content (AvgIpc) is 2.71. The number of halogens is 4. The van der Waals surface area contributed by atoms with Crippen molar-refractivity contribution in [1.82, 2.24) is 9.80 Å². The molecule has 30 heavy (non-hydrogen) atoms. The summed E-state index contributed by atoms with van der Waals surface area (Å²) in [4.78, 5) is 4.12. The fraction of sp³-hybridized carbons (Fsp3) is 0.739. The van der Waals surface area contributed by atoms with Crippen LogP contribution in [0.25, 0.3) is 0 Å². The van der Waals surface area contributed by atoms with Crippen molar-refractivity contribution in [3.8, 4) is 5.75 Å². The molecule has 1 aromatic carbocycles. The van der Waals surface area contributed by atoms with Crippen molar-refractivity contribution in [2.45, 2.75) is 51.1 Å². The normalized spacial score (nSPS) is 20.6. The summed E-state index contributed by atoms with van der Waals surface area (Å²) >= 11 is 3.66. The van der Waals surface area contributed by atoms with Gasteiger partial charge in [0.25, 0.3) is 0 Å². The first-order valence-corrected chi connectivity index (χ1v) is 12.0. The zero-order valence-electron chi connectivity index (χ0n) is 17.9. The summed E-state index contributed by atoms with van der Waals surface area (Å²) in [6.45, 7) is 3.86. The lowest BCUT2D eigenvalue weighted by molar-refractivity contribution is -0.148. The van der Waals surface area contributed by atoms with E-state index in [1.807, 2.05) is 6.07 Å². The van der Waals surface area contributed by atoms with Crippen LogP contribution in [0.1, 0.15) is 44.1 Å². The zero-order chi connectivity index (χ0) is 21.6.